The van der Waals surface area contributed by atoms with Crippen LogP contribution in [0.2, 0.25) is 0 Å². The van der Waals surface area contributed by atoms with E-state index in [1.807, 2.05) is 0 Å². The van der Waals surface area contributed by atoms with Gasteiger partial charge in [0.1, 0.15) is 11.2 Å². The van der Waals surface area contributed by atoms with Crippen LogP contribution in [0, 0.1) is 0 Å². The van der Waals surface area contributed by atoms with Gasteiger partial charge in [-0.15, -0.1) is 0 Å². The van der Waals surface area contributed by atoms with Crippen molar-refractivity contribution in [2.45, 2.75) is 0 Å². The smallest absolute Gasteiger partial charge is 0.136 e. The molecule has 0 saturated carbocycles. The van der Waals surface area contributed by atoms with Crippen molar-refractivity contribution in [3.05, 3.63) is 188 Å². The Hall–Kier alpha value is -6.64. The van der Waals surface area contributed by atoms with Crippen molar-refractivity contribution in [2.75, 3.05) is 4.90 Å². The zero-order valence-electron chi connectivity index (χ0n) is 27.3. The molecule has 0 unspecified atom stereocenters. The van der Waals surface area contributed by atoms with E-state index in [2.05, 4.69) is 193 Å². The molecule has 0 aliphatic heterocycles. The first-order chi connectivity index (χ1) is 24.8. The number of anilines is 3. The Labute approximate surface area is 290 Å². The number of nitrogens with zero attached hydrogens (tertiary/aromatic N) is 1. The maximum atomic E-state index is 6.38. The standard InChI is InChI=1S/C48H31NO/c1-2-12-35-28-38(21-20-32(35)10-1)33-22-25-40(26-23-33)49(46-19-9-15-34-11-5-6-16-41(34)46)45-18-8-7-17-42(45)39-24-27-47-43(30-39)44-29-36-13-3-4-14-37(36)31-48(44)50-47/h1-31H. The van der Waals surface area contributed by atoms with Gasteiger partial charge in [-0.05, 0) is 98.2 Å². The Balaban J connectivity index is 1.15. The lowest BCUT2D eigenvalue weighted by atomic mass is 9.98. The van der Waals surface area contributed by atoms with E-state index >= 15 is 0 Å². The van der Waals surface area contributed by atoms with Crippen molar-refractivity contribution in [2.24, 2.45) is 0 Å². The fourth-order valence-electron chi connectivity index (χ4n) is 7.53. The molecular weight excluding hydrogens is 607 g/mol. The fraction of sp³-hybridized carbons (Fsp3) is 0. The van der Waals surface area contributed by atoms with Gasteiger partial charge < -0.3 is 9.32 Å². The largest absolute Gasteiger partial charge is 0.456 e. The maximum Gasteiger partial charge on any atom is 0.136 e. The summed E-state index contributed by atoms with van der Waals surface area (Å²) < 4.78 is 6.38. The van der Waals surface area contributed by atoms with E-state index in [1.54, 1.807) is 0 Å². The molecule has 2 heteroatoms. The average molecular weight is 638 g/mol. The van der Waals surface area contributed by atoms with Crippen LogP contribution in [0.3, 0.4) is 0 Å². The molecule has 0 N–H and O–H groups in total. The Morgan fingerprint density at radius 1 is 0.320 bits per heavy atom. The predicted octanol–water partition coefficient (Wildman–Crippen LogP) is 13.8. The Bertz CT molecular complexity index is 2870. The molecule has 2 nitrogen and oxygen atoms in total. The van der Waals surface area contributed by atoms with Gasteiger partial charge in [0, 0.05) is 27.4 Å². The Morgan fingerprint density at radius 2 is 0.920 bits per heavy atom. The number of benzene rings is 9. The van der Waals surface area contributed by atoms with E-state index < -0.39 is 0 Å². The summed E-state index contributed by atoms with van der Waals surface area (Å²) in [6.45, 7) is 0. The molecule has 0 aliphatic rings. The first-order valence-electron chi connectivity index (χ1n) is 17.1. The number of fused-ring (bicyclic) bond motifs is 6. The highest BCUT2D eigenvalue weighted by atomic mass is 16.3. The average Bonchev–Trinajstić information content (AvgIpc) is 3.54. The molecule has 50 heavy (non-hydrogen) atoms. The van der Waals surface area contributed by atoms with Crippen molar-refractivity contribution in [3.63, 3.8) is 0 Å². The molecule has 0 fully saturated rings. The summed E-state index contributed by atoms with van der Waals surface area (Å²) in [4.78, 5) is 2.41. The Kier molecular flexibility index (Phi) is 6.53. The lowest BCUT2D eigenvalue weighted by molar-refractivity contribution is 0.669. The molecule has 0 bridgehead atoms. The summed E-state index contributed by atoms with van der Waals surface area (Å²) in [7, 11) is 0. The van der Waals surface area contributed by atoms with Gasteiger partial charge in [-0.1, -0.05) is 133 Å². The quantitative estimate of drug-likeness (QED) is 0.187. The van der Waals surface area contributed by atoms with Crippen molar-refractivity contribution in [1.82, 2.24) is 0 Å². The van der Waals surface area contributed by atoms with Gasteiger partial charge in [0.15, 0.2) is 0 Å². The van der Waals surface area contributed by atoms with Gasteiger partial charge in [0.25, 0.3) is 0 Å². The van der Waals surface area contributed by atoms with Crippen LogP contribution in [-0.2, 0) is 0 Å². The van der Waals surface area contributed by atoms with E-state index in [9.17, 15) is 0 Å². The zero-order valence-corrected chi connectivity index (χ0v) is 27.3. The molecular formula is C48H31NO. The van der Waals surface area contributed by atoms with Crippen LogP contribution < -0.4 is 4.90 Å². The summed E-state index contributed by atoms with van der Waals surface area (Å²) >= 11 is 0. The second-order valence-corrected chi connectivity index (χ2v) is 13.0. The minimum Gasteiger partial charge on any atom is -0.456 e. The number of para-hydroxylation sites is 1. The third kappa shape index (κ3) is 4.73. The summed E-state index contributed by atoms with van der Waals surface area (Å²) in [6.07, 6.45) is 0. The van der Waals surface area contributed by atoms with Crippen LogP contribution in [0.4, 0.5) is 17.1 Å². The third-order valence-electron chi connectivity index (χ3n) is 10.0. The van der Waals surface area contributed by atoms with Gasteiger partial charge in [-0.3, -0.25) is 0 Å². The monoisotopic (exact) mass is 637 g/mol. The highest BCUT2D eigenvalue weighted by Crippen LogP contribution is 2.45. The molecule has 0 radical (unpaired) electrons. The Morgan fingerprint density at radius 3 is 1.76 bits per heavy atom. The van der Waals surface area contributed by atoms with Crippen LogP contribution in [-0.4, -0.2) is 0 Å². The highest BCUT2D eigenvalue weighted by molar-refractivity contribution is 6.11. The van der Waals surface area contributed by atoms with Crippen LogP contribution >= 0.6 is 0 Å². The second kappa shape index (κ2) is 11.5. The number of hydrogen-bond acceptors (Lipinski definition) is 2. The normalized spacial score (nSPS) is 11.6. The van der Waals surface area contributed by atoms with E-state index in [4.69, 9.17) is 4.42 Å². The van der Waals surface area contributed by atoms with Crippen molar-refractivity contribution in [3.8, 4) is 22.3 Å². The molecule has 1 heterocycles. The van der Waals surface area contributed by atoms with Crippen LogP contribution in [0.1, 0.15) is 0 Å². The summed E-state index contributed by atoms with van der Waals surface area (Å²) in [5.41, 5.74) is 9.84. The summed E-state index contributed by atoms with van der Waals surface area (Å²) in [6, 6.07) is 67.7. The molecule has 0 saturated heterocycles. The first-order valence-corrected chi connectivity index (χ1v) is 17.1. The van der Waals surface area contributed by atoms with Gasteiger partial charge in [-0.2, -0.15) is 0 Å². The van der Waals surface area contributed by atoms with E-state index in [0.717, 1.165) is 50.1 Å². The number of rotatable bonds is 5. The van der Waals surface area contributed by atoms with Gasteiger partial charge in [-0.25, -0.2) is 0 Å². The molecule has 0 aliphatic carbocycles. The van der Waals surface area contributed by atoms with Crippen LogP contribution in [0.25, 0.3) is 76.5 Å². The second-order valence-electron chi connectivity index (χ2n) is 13.0. The van der Waals surface area contributed by atoms with Gasteiger partial charge in [0.2, 0.25) is 0 Å². The van der Waals surface area contributed by atoms with E-state index in [1.165, 1.54) is 43.4 Å². The number of furan rings is 1. The summed E-state index contributed by atoms with van der Waals surface area (Å²) in [5.74, 6) is 0. The minimum atomic E-state index is 0.895. The first kappa shape index (κ1) is 28.4. The molecule has 234 valence electrons. The van der Waals surface area contributed by atoms with Gasteiger partial charge in [0.05, 0.1) is 11.4 Å². The summed E-state index contributed by atoms with van der Waals surface area (Å²) in [5, 5.41) is 9.55. The SMILES string of the molecule is c1ccc(N(c2ccc(-c3ccc4ccccc4c3)cc2)c2cccc3ccccc23)c(-c2ccc3oc4cc5ccccc5cc4c3c2)c1. The molecule has 1 aromatic heterocycles. The van der Waals surface area contributed by atoms with E-state index in [0.29, 0.717) is 0 Å². The van der Waals surface area contributed by atoms with Crippen molar-refractivity contribution >= 4 is 71.3 Å². The van der Waals surface area contributed by atoms with E-state index in [-0.39, 0.29) is 0 Å². The fourth-order valence-corrected chi connectivity index (χ4v) is 7.53. The minimum absolute atomic E-state index is 0.895. The van der Waals surface area contributed by atoms with Crippen molar-refractivity contribution < 1.29 is 4.42 Å². The molecule has 9 aromatic carbocycles. The molecule has 0 amide bonds. The molecule has 10 rings (SSSR count). The lowest BCUT2D eigenvalue weighted by Crippen LogP contribution is -2.11. The van der Waals surface area contributed by atoms with Crippen LogP contribution in [0.5, 0.6) is 0 Å². The molecule has 0 atom stereocenters. The number of hydrogen-bond donors (Lipinski definition) is 0. The third-order valence-corrected chi connectivity index (χ3v) is 10.0. The maximum absolute atomic E-state index is 6.38. The topological polar surface area (TPSA) is 16.4 Å². The lowest BCUT2D eigenvalue weighted by Gasteiger charge is -2.29. The van der Waals surface area contributed by atoms with Crippen molar-refractivity contribution in [1.29, 1.82) is 0 Å². The molecule has 0 spiro atoms. The van der Waals surface area contributed by atoms with Gasteiger partial charge >= 0.3 is 0 Å². The highest BCUT2D eigenvalue weighted by Gasteiger charge is 2.20. The van der Waals surface area contributed by atoms with Crippen LogP contribution in [0.15, 0.2) is 192 Å². The molecule has 10 aromatic rings. The zero-order chi connectivity index (χ0) is 33.0. The predicted molar refractivity (Wildman–Crippen MR) is 212 cm³/mol.